The number of nitrogens with zero attached hydrogens (tertiary/aromatic N) is 2. The Bertz CT molecular complexity index is 786. The second kappa shape index (κ2) is 7.39. The topological polar surface area (TPSA) is 39.0 Å². The molecular weight excluding hydrogens is 298 g/mol. The second-order valence-corrected chi connectivity index (χ2v) is 6.63. The smallest absolute Gasteiger partial charge is 0.243 e. The minimum Gasteiger partial charge on any atom is -0.353 e. The third-order valence-corrected chi connectivity index (χ3v) is 4.32. The molecule has 1 atom stereocenters. The van der Waals surface area contributed by atoms with E-state index in [1.807, 2.05) is 41.2 Å². The summed E-state index contributed by atoms with van der Waals surface area (Å²) < 4.78 is 4.18. The summed E-state index contributed by atoms with van der Waals surface area (Å²) in [5.41, 5.74) is 1.20. The zero-order chi connectivity index (χ0) is 16.9. The van der Waals surface area contributed by atoms with Crippen molar-refractivity contribution in [3.63, 3.8) is 0 Å². The van der Waals surface area contributed by atoms with E-state index in [0.717, 1.165) is 13.0 Å². The molecule has 0 aliphatic rings. The van der Waals surface area contributed by atoms with Gasteiger partial charge in [0.1, 0.15) is 6.04 Å². The maximum Gasteiger partial charge on any atom is 0.243 e. The highest BCUT2D eigenvalue weighted by molar-refractivity contribution is 5.81. The Morgan fingerprint density at radius 3 is 2.54 bits per heavy atom. The van der Waals surface area contributed by atoms with Gasteiger partial charge in [0.05, 0.1) is 0 Å². The summed E-state index contributed by atoms with van der Waals surface area (Å²) in [5, 5.41) is 4.33. The van der Waals surface area contributed by atoms with Crippen molar-refractivity contribution in [2.45, 2.75) is 32.9 Å². The summed E-state index contributed by atoms with van der Waals surface area (Å²) in [5.74, 6) is 0.563. The number of aromatic nitrogens is 2. The number of hydrogen-bond acceptors (Lipinski definition) is 1. The molecule has 2 aromatic heterocycles. The molecule has 0 aliphatic heterocycles. The molecule has 0 radical (unpaired) electrons. The second-order valence-electron chi connectivity index (χ2n) is 6.63. The molecule has 4 heteroatoms. The summed E-state index contributed by atoms with van der Waals surface area (Å²) in [6.07, 6.45) is 6.85. The Kier molecular flexibility index (Phi) is 5.04. The van der Waals surface area contributed by atoms with Crippen molar-refractivity contribution in [2.24, 2.45) is 5.92 Å². The van der Waals surface area contributed by atoms with Crippen LogP contribution >= 0.6 is 0 Å². The van der Waals surface area contributed by atoms with E-state index in [4.69, 9.17) is 0 Å². The van der Waals surface area contributed by atoms with Gasteiger partial charge in [0.2, 0.25) is 5.91 Å². The van der Waals surface area contributed by atoms with Gasteiger partial charge in [-0.2, -0.15) is 0 Å². The maximum absolute atomic E-state index is 12.6. The lowest BCUT2D eigenvalue weighted by Gasteiger charge is -2.20. The summed E-state index contributed by atoms with van der Waals surface area (Å²) in [6.45, 7) is 5.71. The quantitative estimate of drug-likeness (QED) is 0.705. The van der Waals surface area contributed by atoms with Crippen LogP contribution in [0, 0.1) is 5.92 Å². The van der Waals surface area contributed by atoms with Crippen molar-refractivity contribution in [1.29, 1.82) is 0 Å². The molecule has 0 saturated heterocycles. The molecule has 3 rings (SSSR count). The lowest BCUT2D eigenvalue weighted by atomic mass is 10.0. The zero-order valence-corrected chi connectivity index (χ0v) is 14.4. The van der Waals surface area contributed by atoms with Gasteiger partial charge in [-0.3, -0.25) is 4.79 Å². The van der Waals surface area contributed by atoms with E-state index in [1.165, 1.54) is 10.9 Å². The predicted molar refractivity (Wildman–Crippen MR) is 97.9 cm³/mol. The van der Waals surface area contributed by atoms with E-state index >= 15 is 0 Å². The summed E-state index contributed by atoms with van der Waals surface area (Å²) >= 11 is 0. The fourth-order valence-corrected chi connectivity index (χ4v) is 3.12. The van der Waals surface area contributed by atoms with E-state index in [0.29, 0.717) is 12.5 Å². The van der Waals surface area contributed by atoms with Crippen LogP contribution in [0.25, 0.3) is 10.9 Å². The first-order chi connectivity index (χ1) is 11.6. The number of para-hydroxylation sites is 1. The van der Waals surface area contributed by atoms with Crippen LogP contribution in [0.5, 0.6) is 0 Å². The third kappa shape index (κ3) is 3.70. The first-order valence-electron chi connectivity index (χ1n) is 8.59. The number of hydrogen-bond donors (Lipinski definition) is 1. The van der Waals surface area contributed by atoms with Gasteiger partial charge >= 0.3 is 0 Å². The molecule has 0 fully saturated rings. The van der Waals surface area contributed by atoms with Crippen molar-refractivity contribution in [3.05, 3.63) is 61.1 Å². The molecule has 2 heterocycles. The molecule has 1 unspecified atom stereocenters. The van der Waals surface area contributed by atoms with Crippen LogP contribution in [0.15, 0.2) is 61.1 Å². The van der Waals surface area contributed by atoms with Crippen LogP contribution in [0.4, 0.5) is 0 Å². The van der Waals surface area contributed by atoms with Gasteiger partial charge in [-0.15, -0.1) is 0 Å². The Hall–Kier alpha value is -2.49. The average molecular weight is 323 g/mol. The monoisotopic (exact) mass is 323 g/mol. The normalized spacial score (nSPS) is 12.6. The number of rotatable bonds is 7. The van der Waals surface area contributed by atoms with Crippen LogP contribution in [0.2, 0.25) is 0 Å². The van der Waals surface area contributed by atoms with Crippen molar-refractivity contribution in [3.8, 4) is 0 Å². The molecule has 1 amide bonds. The molecule has 0 aliphatic carbocycles. The van der Waals surface area contributed by atoms with Crippen molar-refractivity contribution in [1.82, 2.24) is 14.5 Å². The SMILES string of the molecule is CC(C)CC(C(=O)NCCn1ccc2ccccc21)n1cccc1. The fraction of sp³-hybridized carbons (Fsp3) is 0.350. The molecule has 24 heavy (non-hydrogen) atoms. The van der Waals surface area contributed by atoms with Crippen LogP contribution in [-0.2, 0) is 11.3 Å². The predicted octanol–water partition coefficient (Wildman–Crippen LogP) is 3.85. The Labute approximate surface area is 143 Å². The summed E-state index contributed by atoms with van der Waals surface area (Å²) in [4.78, 5) is 12.6. The van der Waals surface area contributed by atoms with Crippen LogP contribution < -0.4 is 5.32 Å². The van der Waals surface area contributed by atoms with Crippen molar-refractivity contribution in [2.75, 3.05) is 6.54 Å². The number of carbonyl (C=O) groups excluding carboxylic acids is 1. The summed E-state index contributed by atoms with van der Waals surface area (Å²) in [6, 6.07) is 14.2. The molecule has 126 valence electrons. The minimum atomic E-state index is -0.138. The van der Waals surface area contributed by atoms with Gasteiger partial charge < -0.3 is 14.5 Å². The van der Waals surface area contributed by atoms with E-state index in [2.05, 4.69) is 48.1 Å². The lowest BCUT2D eigenvalue weighted by Crippen LogP contribution is -2.34. The maximum atomic E-state index is 12.6. The van der Waals surface area contributed by atoms with Gasteiger partial charge in [0.15, 0.2) is 0 Å². The number of nitrogens with one attached hydrogen (secondary N) is 1. The first-order valence-corrected chi connectivity index (χ1v) is 8.59. The standard InChI is InChI=1S/C20H25N3O/c1-16(2)15-19(22-11-5-6-12-22)20(24)21-10-14-23-13-9-17-7-3-4-8-18(17)23/h3-9,11-13,16,19H,10,14-15H2,1-2H3,(H,21,24). The Balaban J connectivity index is 1.61. The highest BCUT2D eigenvalue weighted by Gasteiger charge is 2.20. The molecule has 1 aromatic carbocycles. The average Bonchev–Trinajstić information content (AvgIpc) is 3.22. The van der Waals surface area contributed by atoms with E-state index < -0.39 is 0 Å². The lowest BCUT2D eigenvalue weighted by molar-refractivity contribution is -0.124. The van der Waals surface area contributed by atoms with E-state index in [9.17, 15) is 4.79 Å². The van der Waals surface area contributed by atoms with Crippen molar-refractivity contribution >= 4 is 16.8 Å². The molecule has 1 N–H and O–H groups in total. The molecule has 0 saturated carbocycles. The number of amides is 1. The van der Waals surface area contributed by atoms with Crippen LogP contribution in [-0.4, -0.2) is 21.6 Å². The Morgan fingerprint density at radius 1 is 1.04 bits per heavy atom. The zero-order valence-electron chi connectivity index (χ0n) is 14.4. The van der Waals surface area contributed by atoms with Gasteiger partial charge in [0.25, 0.3) is 0 Å². The van der Waals surface area contributed by atoms with Gasteiger partial charge in [-0.05, 0) is 42.0 Å². The van der Waals surface area contributed by atoms with E-state index in [1.54, 1.807) is 0 Å². The van der Waals surface area contributed by atoms with Crippen LogP contribution in [0.1, 0.15) is 26.3 Å². The highest BCUT2D eigenvalue weighted by Crippen LogP contribution is 2.18. The highest BCUT2D eigenvalue weighted by atomic mass is 16.2. The molecule has 0 bridgehead atoms. The number of carbonyl (C=O) groups is 1. The number of fused-ring (bicyclic) bond motifs is 1. The fourth-order valence-electron chi connectivity index (χ4n) is 3.12. The van der Waals surface area contributed by atoms with Gasteiger partial charge in [-0.25, -0.2) is 0 Å². The Morgan fingerprint density at radius 2 is 1.79 bits per heavy atom. The third-order valence-electron chi connectivity index (χ3n) is 4.32. The van der Waals surface area contributed by atoms with Gasteiger partial charge in [-0.1, -0.05) is 32.0 Å². The van der Waals surface area contributed by atoms with Crippen LogP contribution in [0.3, 0.4) is 0 Å². The largest absolute Gasteiger partial charge is 0.353 e. The molecule has 0 spiro atoms. The number of benzene rings is 1. The molecule has 4 nitrogen and oxygen atoms in total. The first kappa shape index (κ1) is 16.4. The van der Waals surface area contributed by atoms with Crippen molar-refractivity contribution < 1.29 is 4.79 Å². The van der Waals surface area contributed by atoms with E-state index in [-0.39, 0.29) is 11.9 Å². The summed E-state index contributed by atoms with van der Waals surface area (Å²) in [7, 11) is 0. The molecular formula is C20H25N3O. The van der Waals surface area contributed by atoms with Gasteiger partial charge in [0, 0.05) is 37.2 Å². The minimum absolute atomic E-state index is 0.0939. The molecule has 3 aromatic rings.